The average Bonchev–Trinajstić information content (AvgIpc) is 2.85. The first kappa shape index (κ1) is 28.0. The number of nitrogens with one attached hydrogen (secondary N) is 3. The molecule has 0 aliphatic heterocycles. The number of carbonyl (C=O) groups is 3. The van der Waals surface area contributed by atoms with Crippen LogP contribution in [0.3, 0.4) is 0 Å². The van der Waals surface area contributed by atoms with Crippen molar-refractivity contribution in [3.05, 3.63) is 80.2 Å². The fourth-order valence-electron chi connectivity index (χ4n) is 3.01. The topological polar surface area (TPSA) is 118 Å². The van der Waals surface area contributed by atoms with Gasteiger partial charge in [-0.3, -0.25) is 14.4 Å². The summed E-state index contributed by atoms with van der Waals surface area (Å²) in [5.41, 5.74) is 4.29. The summed E-state index contributed by atoms with van der Waals surface area (Å²) in [6.45, 7) is 1.50. The van der Waals surface area contributed by atoms with Crippen molar-refractivity contribution in [2.75, 3.05) is 17.7 Å². The van der Waals surface area contributed by atoms with E-state index in [9.17, 15) is 14.4 Å². The first-order valence-electron chi connectivity index (χ1n) is 10.6. The second-order valence-corrected chi connectivity index (χ2v) is 9.10. The lowest BCUT2D eigenvalue weighted by Gasteiger charge is -2.14. The second-order valence-electron chi connectivity index (χ2n) is 7.43. The van der Waals surface area contributed by atoms with E-state index in [4.69, 9.17) is 32.7 Å². The molecule has 37 heavy (non-hydrogen) atoms. The summed E-state index contributed by atoms with van der Waals surface area (Å²) in [7, 11) is 1.48. The Bertz CT molecular complexity index is 1330. The summed E-state index contributed by atoms with van der Waals surface area (Å²) in [6, 6.07) is 14.8. The van der Waals surface area contributed by atoms with E-state index in [0.29, 0.717) is 48.5 Å². The molecule has 0 saturated carbocycles. The van der Waals surface area contributed by atoms with Crippen molar-refractivity contribution in [3.63, 3.8) is 0 Å². The number of carbonyl (C=O) groups excluding carboxylic acids is 3. The quantitative estimate of drug-likeness (QED) is 0.180. The zero-order valence-electron chi connectivity index (χ0n) is 19.6. The van der Waals surface area contributed by atoms with Crippen LogP contribution in [0.2, 0.25) is 10.0 Å². The van der Waals surface area contributed by atoms with Gasteiger partial charge in [-0.1, -0.05) is 29.3 Å². The Morgan fingerprint density at radius 1 is 0.973 bits per heavy atom. The van der Waals surface area contributed by atoms with E-state index >= 15 is 0 Å². The van der Waals surface area contributed by atoms with Gasteiger partial charge in [0.2, 0.25) is 5.91 Å². The summed E-state index contributed by atoms with van der Waals surface area (Å²) < 4.78 is 11.9. The van der Waals surface area contributed by atoms with Gasteiger partial charge in [0.15, 0.2) is 11.5 Å². The smallest absolute Gasteiger partial charge is 0.329 e. The zero-order valence-corrected chi connectivity index (χ0v) is 22.7. The van der Waals surface area contributed by atoms with Gasteiger partial charge in [0.25, 0.3) is 0 Å². The largest absolute Gasteiger partial charge is 0.493 e. The fraction of sp³-hybridized carbons (Fsp3) is 0.120. The first-order valence-corrected chi connectivity index (χ1v) is 12.2. The van der Waals surface area contributed by atoms with Gasteiger partial charge in [0, 0.05) is 33.9 Å². The predicted molar refractivity (Wildman–Crippen MR) is 147 cm³/mol. The highest BCUT2D eigenvalue weighted by Gasteiger charge is 2.15. The Hall–Kier alpha value is -3.60. The third-order valence-electron chi connectivity index (χ3n) is 4.72. The molecule has 0 saturated heterocycles. The minimum absolute atomic E-state index is 0.113. The molecule has 192 valence electrons. The molecule has 0 aliphatic rings. The normalized spacial score (nSPS) is 10.6. The Kier molecular flexibility index (Phi) is 9.90. The molecular formula is C25H21BrCl2N4O5. The lowest BCUT2D eigenvalue weighted by atomic mass is 10.2. The average molecular weight is 608 g/mol. The van der Waals surface area contributed by atoms with Gasteiger partial charge in [-0.15, -0.1) is 0 Å². The van der Waals surface area contributed by atoms with Crippen LogP contribution in [0.4, 0.5) is 11.4 Å². The highest BCUT2D eigenvalue weighted by Crippen LogP contribution is 2.37. The van der Waals surface area contributed by atoms with Crippen molar-refractivity contribution in [2.24, 2.45) is 5.10 Å². The Morgan fingerprint density at radius 3 is 2.19 bits per heavy atom. The van der Waals surface area contributed by atoms with E-state index in [1.54, 1.807) is 54.6 Å². The maximum absolute atomic E-state index is 12.1. The Morgan fingerprint density at radius 2 is 1.59 bits per heavy atom. The van der Waals surface area contributed by atoms with Gasteiger partial charge in [-0.2, -0.15) is 5.10 Å². The number of ether oxygens (including phenoxy) is 2. The van der Waals surface area contributed by atoms with Gasteiger partial charge in [-0.25, -0.2) is 5.43 Å². The number of hydrogen-bond donors (Lipinski definition) is 3. The second kappa shape index (κ2) is 13.1. The van der Waals surface area contributed by atoms with Crippen molar-refractivity contribution in [1.29, 1.82) is 0 Å². The van der Waals surface area contributed by atoms with Crippen molar-refractivity contribution in [3.8, 4) is 11.5 Å². The monoisotopic (exact) mass is 606 g/mol. The third kappa shape index (κ3) is 7.94. The van der Waals surface area contributed by atoms with Gasteiger partial charge in [0.1, 0.15) is 6.61 Å². The maximum Gasteiger partial charge on any atom is 0.329 e. The molecule has 0 fully saturated rings. The summed E-state index contributed by atoms with van der Waals surface area (Å²) in [4.78, 5) is 35.3. The van der Waals surface area contributed by atoms with Crippen LogP contribution in [-0.2, 0) is 21.0 Å². The number of rotatable bonds is 8. The molecule has 3 amide bonds. The Balaban J connectivity index is 1.61. The lowest BCUT2D eigenvalue weighted by molar-refractivity contribution is -0.136. The number of nitrogens with zero attached hydrogens (tertiary/aromatic N) is 1. The molecule has 3 N–H and O–H groups in total. The van der Waals surface area contributed by atoms with Crippen LogP contribution in [0.25, 0.3) is 0 Å². The number of anilines is 2. The number of hydrazone groups is 1. The maximum atomic E-state index is 12.1. The van der Waals surface area contributed by atoms with Crippen LogP contribution in [0.1, 0.15) is 18.1 Å². The summed E-state index contributed by atoms with van der Waals surface area (Å²) in [5, 5.41) is 9.83. The number of methoxy groups -OCH3 is 1. The van der Waals surface area contributed by atoms with E-state index in [-0.39, 0.29) is 12.5 Å². The van der Waals surface area contributed by atoms with Gasteiger partial charge in [-0.05, 0) is 70.0 Å². The van der Waals surface area contributed by atoms with Crippen molar-refractivity contribution < 1.29 is 23.9 Å². The van der Waals surface area contributed by atoms with Crippen LogP contribution in [-0.4, -0.2) is 31.0 Å². The van der Waals surface area contributed by atoms with Gasteiger partial charge >= 0.3 is 11.8 Å². The van der Waals surface area contributed by atoms with Crippen molar-refractivity contribution in [2.45, 2.75) is 13.5 Å². The van der Waals surface area contributed by atoms with E-state index < -0.39 is 11.8 Å². The minimum atomic E-state index is -0.968. The molecule has 0 unspecified atom stereocenters. The minimum Gasteiger partial charge on any atom is -0.493 e. The summed E-state index contributed by atoms with van der Waals surface area (Å²) in [6.07, 6.45) is 1.34. The van der Waals surface area contributed by atoms with E-state index in [1.807, 2.05) is 0 Å². The molecule has 0 radical (unpaired) electrons. The van der Waals surface area contributed by atoms with Crippen LogP contribution in [0.15, 0.2) is 64.2 Å². The summed E-state index contributed by atoms with van der Waals surface area (Å²) >= 11 is 15.9. The summed E-state index contributed by atoms with van der Waals surface area (Å²) in [5.74, 6) is -1.29. The standard InChI is InChI=1S/C25H21BrCl2N4O5/c1-14(33)30-16-6-8-17(9-7-16)31-24(34)25(35)32-29-12-15-10-19(26)23(22(11-15)36-2)37-13-18-20(27)4-3-5-21(18)28/h3-12H,13H2,1-2H3,(H,30,33)(H,31,34)(H,32,35). The SMILES string of the molecule is COc1cc(C=NNC(=O)C(=O)Nc2ccc(NC(C)=O)cc2)cc(Br)c1OCc1c(Cl)cccc1Cl. The van der Waals surface area contributed by atoms with Crippen molar-refractivity contribution >= 4 is 74.4 Å². The zero-order chi connectivity index (χ0) is 26.9. The number of hydrogen-bond acceptors (Lipinski definition) is 6. The molecule has 12 heteroatoms. The molecule has 0 aliphatic carbocycles. The van der Waals surface area contributed by atoms with Gasteiger partial charge in [0.05, 0.1) is 17.8 Å². The number of amides is 3. The predicted octanol–water partition coefficient (Wildman–Crippen LogP) is 5.39. The van der Waals surface area contributed by atoms with Gasteiger partial charge < -0.3 is 20.1 Å². The highest BCUT2D eigenvalue weighted by atomic mass is 79.9. The van der Waals surface area contributed by atoms with Crippen molar-refractivity contribution in [1.82, 2.24) is 5.43 Å². The number of halogens is 3. The Labute approximate surface area is 231 Å². The van der Waals surface area contributed by atoms with E-state index in [0.717, 1.165) is 0 Å². The highest BCUT2D eigenvalue weighted by molar-refractivity contribution is 9.10. The fourth-order valence-corrected chi connectivity index (χ4v) is 4.09. The van der Waals surface area contributed by atoms with Crippen LogP contribution >= 0.6 is 39.1 Å². The van der Waals surface area contributed by atoms with Crippen LogP contribution < -0.4 is 25.5 Å². The molecule has 0 bridgehead atoms. The molecule has 3 rings (SSSR count). The van der Waals surface area contributed by atoms with Crippen LogP contribution in [0.5, 0.6) is 11.5 Å². The van der Waals surface area contributed by atoms with Crippen LogP contribution in [0, 0.1) is 0 Å². The molecular weight excluding hydrogens is 587 g/mol. The lowest BCUT2D eigenvalue weighted by Crippen LogP contribution is -2.32. The molecule has 3 aromatic rings. The molecule has 0 atom stereocenters. The first-order chi connectivity index (χ1) is 17.7. The van der Waals surface area contributed by atoms with E-state index in [2.05, 4.69) is 37.1 Å². The number of benzene rings is 3. The van der Waals surface area contributed by atoms with E-state index in [1.165, 1.54) is 20.2 Å². The molecule has 0 aromatic heterocycles. The molecule has 0 heterocycles. The third-order valence-corrected chi connectivity index (χ3v) is 6.02. The molecule has 9 nitrogen and oxygen atoms in total. The molecule has 3 aromatic carbocycles. The molecule has 0 spiro atoms.